The van der Waals surface area contributed by atoms with Gasteiger partial charge >= 0.3 is 11.9 Å². The van der Waals surface area contributed by atoms with Gasteiger partial charge in [0.15, 0.2) is 0 Å². The average molecular weight is 261 g/mol. The third-order valence-corrected chi connectivity index (χ3v) is 2.25. The molecule has 0 spiro atoms. The van der Waals surface area contributed by atoms with E-state index in [-0.39, 0.29) is 18.5 Å². The maximum atomic E-state index is 11.4. The summed E-state index contributed by atoms with van der Waals surface area (Å²) in [6.07, 6.45) is 0. The molecule has 0 unspecified atom stereocenters. The molecule has 6 nitrogen and oxygen atoms in total. The standard InChI is InChI=1S/C12H23NO5/c1-5-18-10(14)8-17-7-6-13-9-12(2,3)11(15)16-4/h13H,5-9H2,1-4H3. The van der Waals surface area contributed by atoms with E-state index in [2.05, 4.69) is 10.1 Å². The largest absolute Gasteiger partial charge is 0.469 e. The van der Waals surface area contributed by atoms with Gasteiger partial charge in [0.1, 0.15) is 6.61 Å². The van der Waals surface area contributed by atoms with Gasteiger partial charge in [0.25, 0.3) is 0 Å². The minimum absolute atomic E-state index is 0.0457. The average Bonchev–Trinajstić information content (AvgIpc) is 2.32. The Bertz CT molecular complexity index is 265. The summed E-state index contributed by atoms with van der Waals surface area (Å²) in [6, 6.07) is 0. The van der Waals surface area contributed by atoms with E-state index in [9.17, 15) is 9.59 Å². The highest BCUT2D eigenvalue weighted by Crippen LogP contribution is 2.14. The molecule has 0 aliphatic rings. The Labute approximate surface area is 108 Å². The Balaban J connectivity index is 3.57. The van der Waals surface area contributed by atoms with Crippen molar-refractivity contribution in [2.75, 3.05) is 40.0 Å². The summed E-state index contributed by atoms with van der Waals surface area (Å²) in [5, 5.41) is 3.07. The van der Waals surface area contributed by atoms with E-state index in [1.54, 1.807) is 20.8 Å². The highest BCUT2D eigenvalue weighted by molar-refractivity contribution is 5.76. The monoisotopic (exact) mass is 261 g/mol. The van der Waals surface area contributed by atoms with Crippen molar-refractivity contribution in [3.8, 4) is 0 Å². The first-order chi connectivity index (χ1) is 8.44. The zero-order chi connectivity index (χ0) is 14.0. The van der Waals surface area contributed by atoms with E-state index in [4.69, 9.17) is 9.47 Å². The molecular formula is C12H23NO5. The molecule has 0 bridgehead atoms. The van der Waals surface area contributed by atoms with Crippen molar-refractivity contribution >= 4 is 11.9 Å². The smallest absolute Gasteiger partial charge is 0.332 e. The molecule has 0 saturated carbocycles. The molecule has 106 valence electrons. The number of ether oxygens (including phenoxy) is 3. The fourth-order valence-electron chi connectivity index (χ4n) is 1.25. The molecule has 0 fully saturated rings. The number of hydrogen-bond acceptors (Lipinski definition) is 6. The first-order valence-electron chi connectivity index (χ1n) is 5.96. The number of hydrogen-bond donors (Lipinski definition) is 1. The zero-order valence-electron chi connectivity index (χ0n) is 11.6. The van der Waals surface area contributed by atoms with Crippen molar-refractivity contribution in [2.24, 2.45) is 5.41 Å². The van der Waals surface area contributed by atoms with Crippen LogP contribution in [-0.4, -0.2) is 52.0 Å². The molecule has 0 radical (unpaired) electrons. The van der Waals surface area contributed by atoms with Crippen molar-refractivity contribution in [3.63, 3.8) is 0 Å². The fourth-order valence-corrected chi connectivity index (χ4v) is 1.25. The zero-order valence-corrected chi connectivity index (χ0v) is 11.6. The number of carbonyl (C=O) groups excluding carboxylic acids is 2. The van der Waals surface area contributed by atoms with Crippen molar-refractivity contribution in [1.29, 1.82) is 0 Å². The Morgan fingerprint density at radius 2 is 1.94 bits per heavy atom. The summed E-state index contributed by atoms with van der Waals surface area (Å²) < 4.78 is 14.5. The number of methoxy groups -OCH3 is 1. The van der Waals surface area contributed by atoms with Gasteiger partial charge in [-0.1, -0.05) is 0 Å². The molecule has 0 aromatic rings. The lowest BCUT2D eigenvalue weighted by Crippen LogP contribution is -2.38. The molecular weight excluding hydrogens is 238 g/mol. The van der Waals surface area contributed by atoms with Gasteiger partial charge in [-0.3, -0.25) is 4.79 Å². The van der Waals surface area contributed by atoms with E-state index in [0.29, 0.717) is 26.3 Å². The molecule has 0 aromatic heterocycles. The number of carbonyl (C=O) groups is 2. The number of esters is 2. The van der Waals surface area contributed by atoms with Crippen molar-refractivity contribution in [2.45, 2.75) is 20.8 Å². The van der Waals surface area contributed by atoms with E-state index in [0.717, 1.165) is 0 Å². The summed E-state index contributed by atoms with van der Waals surface area (Å²) in [4.78, 5) is 22.3. The van der Waals surface area contributed by atoms with Crippen LogP contribution in [0.1, 0.15) is 20.8 Å². The summed E-state index contributed by atoms with van der Waals surface area (Å²) in [7, 11) is 1.37. The molecule has 0 aromatic carbocycles. The lowest BCUT2D eigenvalue weighted by atomic mass is 9.94. The third kappa shape index (κ3) is 7.24. The van der Waals surface area contributed by atoms with Gasteiger partial charge in [-0.2, -0.15) is 0 Å². The van der Waals surface area contributed by atoms with Crippen LogP contribution in [0.25, 0.3) is 0 Å². The van der Waals surface area contributed by atoms with Crippen LogP contribution in [0.3, 0.4) is 0 Å². The van der Waals surface area contributed by atoms with Crippen LogP contribution < -0.4 is 5.32 Å². The van der Waals surface area contributed by atoms with E-state index in [1.807, 2.05) is 0 Å². The highest BCUT2D eigenvalue weighted by atomic mass is 16.6. The van der Waals surface area contributed by atoms with E-state index in [1.165, 1.54) is 7.11 Å². The van der Waals surface area contributed by atoms with Crippen LogP contribution >= 0.6 is 0 Å². The Morgan fingerprint density at radius 1 is 1.28 bits per heavy atom. The Hall–Kier alpha value is -1.14. The quantitative estimate of drug-likeness (QED) is 0.477. The van der Waals surface area contributed by atoms with Gasteiger partial charge in [0.2, 0.25) is 0 Å². The molecule has 1 N–H and O–H groups in total. The van der Waals surface area contributed by atoms with Crippen LogP contribution in [0.4, 0.5) is 0 Å². The number of nitrogens with one attached hydrogen (secondary N) is 1. The molecule has 0 rings (SSSR count). The third-order valence-electron chi connectivity index (χ3n) is 2.25. The molecule has 0 amide bonds. The Kier molecular flexibility index (Phi) is 8.32. The molecule has 0 atom stereocenters. The molecule has 0 saturated heterocycles. The second-order valence-electron chi connectivity index (χ2n) is 4.41. The summed E-state index contributed by atoms with van der Waals surface area (Å²) >= 11 is 0. The molecule has 18 heavy (non-hydrogen) atoms. The molecule has 0 aliphatic carbocycles. The lowest BCUT2D eigenvalue weighted by molar-refractivity contribution is -0.150. The van der Waals surface area contributed by atoms with Gasteiger partial charge in [-0.25, -0.2) is 4.79 Å². The van der Waals surface area contributed by atoms with Crippen LogP contribution in [-0.2, 0) is 23.8 Å². The van der Waals surface area contributed by atoms with E-state index >= 15 is 0 Å². The molecule has 6 heteroatoms. The highest BCUT2D eigenvalue weighted by Gasteiger charge is 2.27. The molecule has 0 heterocycles. The van der Waals surface area contributed by atoms with Gasteiger partial charge in [-0.15, -0.1) is 0 Å². The van der Waals surface area contributed by atoms with Crippen LogP contribution in [0, 0.1) is 5.41 Å². The second-order valence-corrected chi connectivity index (χ2v) is 4.41. The Morgan fingerprint density at radius 3 is 2.50 bits per heavy atom. The maximum absolute atomic E-state index is 11.4. The molecule has 0 aliphatic heterocycles. The predicted molar refractivity (Wildman–Crippen MR) is 66.1 cm³/mol. The van der Waals surface area contributed by atoms with Gasteiger partial charge in [0, 0.05) is 13.1 Å². The van der Waals surface area contributed by atoms with Gasteiger partial charge in [-0.05, 0) is 20.8 Å². The maximum Gasteiger partial charge on any atom is 0.332 e. The first-order valence-corrected chi connectivity index (χ1v) is 5.96. The van der Waals surface area contributed by atoms with Crippen LogP contribution in [0.15, 0.2) is 0 Å². The minimum Gasteiger partial charge on any atom is -0.469 e. The van der Waals surface area contributed by atoms with Crippen LogP contribution in [0.2, 0.25) is 0 Å². The van der Waals surface area contributed by atoms with Crippen molar-refractivity contribution in [3.05, 3.63) is 0 Å². The van der Waals surface area contributed by atoms with Crippen molar-refractivity contribution < 1.29 is 23.8 Å². The van der Waals surface area contributed by atoms with E-state index < -0.39 is 5.41 Å². The fraction of sp³-hybridized carbons (Fsp3) is 0.833. The van der Waals surface area contributed by atoms with Gasteiger partial charge < -0.3 is 19.5 Å². The normalized spacial score (nSPS) is 11.1. The topological polar surface area (TPSA) is 73.9 Å². The SMILES string of the molecule is CCOC(=O)COCCNCC(C)(C)C(=O)OC. The van der Waals surface area contributed by atoms with Gasteiger partial charge in [0.05, 0.1) is 25.7 Å². The first kappa shape index (κ1) is 16.9. The van der Waals surface area contributed by atoms with Crippen molar-refractivity contribution in [1.82, 2.24) is 5.32 Å². The summed E-state index contributed by atoms with van der Waals surface area (Å²) in [6.45, 7) is 7.08. The summed E-state index contributed by atoms with van der Waals surface area (Å²) in [5.74, 6) is -0.630. The van der Waals surface area contributed by atoms with Crippen LogP contribution in [0.5, 0.6) is 0 Å². The summed E-state index contributed by atoms with van der Waals surface area (Å²) in [5.41, 5.74) is -0.574. The lowest BCUT2D eigenvalue weighted by Gasteiger charge is -2.21. The predicted octanol–water partition coefficient (Wildman–Crippen LogP) is 0.355. The minimum atomic E-state index is -0.574. The second kappa shape index (κ2) is 8.88. The number of rotatable bonds is 9.